The minimum Gasteiger partial charge on any atom is -0.310 e. The summed E-state index contributed by atoms with van der Waals surface area (Å²) < 4.78 is 3.74. The lowest BCUT2D eigenvalue weighted by molar-refractivity contribution is 0.660. The van der Waals surface area contributed by atoms with Gasteiger partial charge in [-0.05, 0) is 70.8 Å². The molecule has 6 aromatic rings. The molecule has 0 saturated heterocycles. The second-order valence-electron chi connectivity index (χ2n) is 9.97. The third kappa shape index (κ3) is 3.20. The Morgan fingerprint density at radius 1 is 0.639 bits per heavy atom. The largest absolute Gasteiger partial charge is 0.310 e. The first-order valence-corrected chi connectivity index (χ1v) is 13.8. The highest BCUT2D eigenvalue weighted by Gasteiger charge is 2.39. The Morgan fingerprint density at radius 3 is 2.22 bits per heavy atom. The molecule has 7 rings (SSSR count). The molecule has 0 spiro atoms. The van der Waals surface area contributed by atoms with E-state index in [4.69, 9.17) is 0 Å². The van der Waals surface area contributed by atoms with Gasteiger partial charge in [0.15, 0.2) is 0 Å². The molecule has 0 saturated carbocycles. The Labute approximate surface area is 223 Å². The van der Waals surface area contributed by atoms with Crippen molar-refractivity contribution in [2.45, 2.75) is 19.3 Å². The van der Waals surface area contributed by atoms with E-state index in [9.17, 15) is 0 Å². The third-order valence-electron chi connectivity index (χ3n) is 7.47. The molecule has 174 valence electrons. The number of hydrogen-bond acceptors (Lipinski definition) is 2. The predicted molar refractivity (Wildman–Crippen MR) is 159 cm³/mol. The van der Waals surface area contributed by atoms with Crippen LogP contribution in [0.15, 0.2) is 114 Å². The van der Waals surface area contributed by atoms with E-state index in [1.54, 1.807) is 0 Å². The number of thiophene rings is 1. The van der Waals surface area contributed by atoms with Crippen LogP contribution in [0, 0.1) is 0 Å². The second kappa shape index (κ2) is 8.06. The highest BCUT2D eigenvalue weighted by Crippen LogP contribution is 2.55. The van der Waals surface area contributed by atoms with Crippen molar-refractivity contribution in [3.8, 4) is 11.1 Å². The molecule has 36 heavy (non-hydrogen) atoms. The summed E-state index contributed by atoms with van der Waals surface area (Å²) in [5, 5.41) is 2.63. The van der Waals surface area contributed by atoms with E-state index >= 15 is 0 Å². The van der Waals surface area contributed by atoms with Crippen LogP contribution in [0.5, 0.6) is 0 Å². The zero-order valence-corrected chi connectivity index (χ0v) is 22.5. The Balaban J connectivity index is 1.54. The van der Waals surface area contributed by atoms with E-state index in [-0.39, 0.29) is 5.41 Å². The normalized spacial score (nSPS) is 13.6. The van der Waals surface area contributed by atoms with E-state index in [1.165, 1.54) is 53.8 Å². The van der Waals surface area contributed by atoms with Crippen LogP contribution in [-0.4, -0.2) is 0 Å². The number of nitrogens with zero attached hydrogens (tertiary/aromatic N) is 1. The van der Waals surface area contributed by atoms with Gasteiger partial charge in [-0.3, -0.25) is 0 Å². The molecule has 0 N–H and O–H groups in total. The molecule has 0 atom stereocenters. The van der Waals surface area contributed by atoms with Crippen LogP contribution < -0.4 is 4.90 Å². The number of anilines is 3. The van der Waals surface area contributed by atoms with Crippen LogP contribution in [0.25, 0.3) is 31.3 Å². The minimum atomic E-state index is -0.117. The fourth-order valence-electron chi connectivity index (χ4n) is 5.89. The summed E-state index contributed by atoms with van der Waals surface area (Å²) in [5.74, 6) is 0. The van der Waals surface area contributed by atoms with E-state index in [2.05, 4.69) is 144 Å². The van der Waals surface area contributed by atoms with Crippen molar-refractivity contribution in [3.63, 3.8) is 0 Å². The second-order valence-corrected chi connectivity index (χ2v) is 12.0. The topological polar surface area (TPSA) is 3.24 Å². The number of benzene rings is 5. The van der Waals surface area contributed by atoms with Crippen LogP contribution in [0.4, 0.5) is 17.1 Å². The summed E-state index contributed by atoms with van der Waals surface area (Å²) in [6.45, 7) is 4.71. The number of hydrogen-bond donors (Lipinski definition) is 0. The molecule has 5 aromatic carbocycles. The first kappa shape index (κ1) is 21.8. The van der Waals surface area contributed by atoms with E-state index < -0.39 is 0 Å². The fraction of sp³-hybridized carbons (Fsp3) is 0.0909. The first-order chi connectivity index (χ1) is 17.5. The molecule has 1 aromatic heterocycles. The van der Waals surface area contributed by atoms with Gasteiger partial charge in [0.2, 0.25) is 0 Å². The van der Waals surface area contributed by atoms with Gasteiger partial charge in [-0.15, -0.1) is 11.3 Å². The standard InChI is InChI=1S/C33H24BrNS/c1-33(2)28-14-8-6-12-24(28)27-18-21(34)19-29(32(27)33)35(22-10-4-3-5-11-22)23-16-17-31-26(20-23)25-13-7-9-15-30(25)36-31/h3-20H,1-2H3. The van der Waals surface area contributed by atoms with Crippen molar-refractivity contribution in [1.29, 1.82) is 0 Å². The van der Waals surface area contributed by atoms with Gasteiger partial charge in [-0.2, -0.15) is 0 Å². The van der Waals surface area contributed by atoms with Gasteiger partial charge < -0.3 is 4.90 Å². The molecule has 1 heterocycles. The van der Waals surface area contributed by atoms with Gasteiger partial charge >= 0.3 is 0 Å². The summed E-state index contributed by atoms with van der Waals surface area (Å²) >= 11 is 5.72. The van der Waals surface area contributed by atoms with Crippen LogP contribution >= 0.6 is 27.3 Å². The van der Waals surface area contributed by atoms with Crippen molar-refractivity contribution in [2.24, 2.45) is 0 Å². The van der Waals surface area contributed by atoms with Gasteiger partial charge in [0, 0.05) is 41.4 Å². The zero-order chi connectivity index (χ0) is 24.4. The van der Waals surface area contributed by atoms with E-state index in [0.29, 0.717) is 0 Å². The Bertz CT molecular complexity index is 1780. The van der Waals surface area contributed by atoms with Gasteiger partial charge in [0.25, 0.3) is 0 Å². The van der Waals surface area contributed by atoms with Gasteiger partial charge in [-0.1, -0.05) is 90.4 Å². The Morgan fingerprint density at radius 2 is 1.36 bits per heavy atom. The fourth-order valence-corrected chi connectivity index (χ4v) is 7.43. The summed E-state index contributed by atoms with van der Waals surface area (Å²) in [7, 11) is 0. The molecule has 1 nitrogen and oxygen atoms in total. The molecule has 0 unspecified atom stereocenters. The SMILES string of the molecule is CC1(C)c2ccccc2-c2cc(Br)cc(N(c3ccccc3)c3ccc4sc5ccccc5c4c3)c21. The summed E-state index contributed by atoms with van der Waals surface area (Å²) in [5.41, 5.74) is 8.81. The van der Waals surface area contributed by atoms with Crippen molar-refractivity contribution in [2.75, 3.05) is 4.90 Å². The monoisotopic (exact) mass is 545 g/mol. The van der Waals surface area contributed by atoms with Gasteiger partial charge in [0.1, 0.15) is 0 Å². The van der Waals surface area contributed by atoms with Crippen molar-refractivity contribution >= 4 is 64.5 Å². The highest BCUT2D eigenvalue weighted by atomic mass is 79.9. The number of rotatable bonds is 3. The van der Waals surface area contributed by atoms with Crippen LogP contribution in [0.1, 0.15) is 25.0 Å². The molecule has 0 radical (unpaired) electrons. The van der Waals surface area contributed by atoms with Crippen LogP contribution in [0.2, 0.25) is 0 Å². The van der Waals surface area contributed by atoms with Crippen LogP contribution in [-0.2, 0) is 5.41 Å². The molecular weight excluding hydrogens is 522 g/mol. The number of para-hydroxylation sites is 1. The lowest BCUT2D eigenvalue weighted by Gasteiger charge is -2.32. The lowest BCUT2D eigenvalue weighted by Crippen LogP contribution is -2.20. The average Bonchev–Trinajstić information content (AvgIpc) is 3.37. The van der Waals surface area contributed by atoms with Crippen molar-refractivity contribution < 1.29 is 0 Å². The summed E-state index contributed by atoms with van der Waals surface area (Å²) in [4.78, 5) is 2.43. The maximum Gasteiger partial charge on any atom is 0.0519 e. The highest BCUT2D eigenvalue weighted by molar-refractivity contribution is 9.10. The number of fused-ring (bicyclic) bond motifs is 6. The maximum absolute atomic E-state index is 3.86. The third-order valence-corrected chi connectivity index (χ3v) is 9.08. The quantitative estimate of drug-likeness (QED) is 0.213. The van der Waals surface area contributed by atoms with Crippen molar-refractivity contribution in [1.82, 2.24) is 0 Å². The molecule has 3 heteroatoms. The molecule has 0 aliphatic heterocycles. The molecule has 1 aliphatic carbocycles. The molecule has 0 amide bonds. The Hall–Kier alpha value is -3.40. The lowest BCUT2D eigenvalue weighted by atomic mass is 9.81. The van der Waals surface area contributed by atoms with E-state index in [0.717, 1.165) is 10.2 Å². The summed E-state index contributed by atoms with van der Waals surface area (Å²) in [6.07, 6.45) is 0. The molecular formula is C33H24BrNS. The minimum absolute atomic E-state index is 0.117. The predicted octanol–water partition coefficient (Wildman–Crippen LogP) is 10.6. The molecule has 1 aliphatic rings. The first-order valence-electron chi connectivity index (χ1n) is 12.2. The smallest absolute Gasteiger partial charge is 0.0519 e. The van der Waals surface area contributed by atoms with E-state index in [1.807, 2.05) is 11.3 Å². The summed E-state index contributed by atoms with van der Waals surface area (Å²) in [6, 6.07) is 39.8. The molecule has 0 bridgehead atoms. The van der Waals surface area contributed by atoms with Crippen molar-refractivity contribution in [3.05, 3.63) is 125 Å². The van der Waals surface area contributed by atoms with Gasteiger partial charge in [0.05, 0.1) is 5.69 Å². The zero-order valence-electron chi connectivity index (χ0n) is 20.1. The average molecular weight is 547 g/mol. The Kier molecular flexibility index (Phi) is 4.89. The van der Waals surface area contributed by atoms with Gasteiger partial charge in [-0.25, -0.2) is 0 Å². The maximum atomic E-state index is 3.86. The number of halogens is 1. The van der Waals surface area contributed by atoms with Crippen LogP contribution in [0.3, 0.4) is 0 Å². The molecule has 0 fully saturated rings.